The monoisotopic (exact) mass is 326 g/mol. The maximum Gasteiger partial charge on any atom is 0.179 e. The molecular weight excluding hydrogens is 311 g/mol. The average Bonchev–Trinajstić information content (AvgIpc) is 2.47. The van der Waals surface area contributed by atoms with E-state index in [0.29, 0.717) is 28.2 Å². The average molecular weight is 327 g/mol. The van der Waals surface area contributed by atoms with Crippen LogP contribution in [0.25, 0.3) is 0 Å². The highest BCUT2D eigenvalue weighted by atomic mass is 35.5. The van der Waals surface area contributed by atoms with Crippen LogP contribution in [0.3, 0.4) is 0 Å². The Balaban J connectivity index is 2.16. The quantitative estimate of drug-likeness (QED) is 0.830. The predicted molar refractivity (Wildman–Crippen MR) is 85.9 cm³/mol. The van der Waals surface area contributed by atoms with E-state index < -0.39 is 0 Å². The van der Waals surface area contributed by atoms with Gasteiger partial charge in [0.1, 0.15) is 5.15 Å². The Labute approximate surface area is 134 Å². The summed E-state index contributed by atoms with van der Waals surface area (Å²) in [6.45, 7) is 2.50. The Morgan fingerprint density at radius 2 is 1.90 bits per heavy atom. The highest BCUT2D eigenvalue weighted by molar-refractivity contribution is 6.32. The first-order chi connectivity index (χ1) is 10.0. The van der Waals surface area contributed by atoms with Gasteiger partial charge < -0.3 is 14.8 Å². The second-order valence-corrected chi connectivity index (χ2v) is 5.26. The number of benzene rings is 1. The first kappa shape index (κ1) is 15.7. The van der Waals surface area contributed by atoms with Gasteiger partial charge in [-0.25, -0.2) is 4.98 Å². The fraction of sp³-hybridized carbons (Fsp3) is 0.267. The molecule has 2 rings (SSSR count). The van der Waals surface area contributed by atoms with Gasteiger partial charge in [-0.3, -0.25) is 0 Å². The molecule has 0 saturated heterocycles. The van der Waals surface area contributed by atoms with E-state index in [1.807, 2.05) is 25.1 Å². The number of aromatic nitrogens is 1. The summed E-state index contributed by atoms with van der Waals surface area (Å²) in [6.07, 6.45) is 1.69. The van der Waals surface area contributed by atoms with E-state index >= 15 is 0 Å². The lowest BCUT2D eigenvalue weighted by atomic mass is 10.2. The van der Waals surface area contributed by atoms with Gasteiger partial charge in [-0.05, 0) is 36.2 Å². The van der Waals surface area contributed by atoms with Gasteiger partial charge in [-0.15, -0.1) is 0 Å². The first-order valence-electron chi connectivity index (χ1n) is 6.31. The summed E-state index contributed by atoms with van der Waals surface area (Å²) in [7, 11) is 3.14. The minimum atomic E-state index is 0.509. The largest absolute Gasteiger partial charge is 0.493 e. The van der Waals surface area contributed by atoms with Crippen LogP contribution < -0.4 is 14.8 Å². The van der Waals surface area contributed by atoms with Crippen molar-refractivity contribution in [3.05, 3.63) is 45.7 Å². The van der Waals surface area contributed by atoms with Crippen molar-refractivity contribution in [1.29, 1.82) is 0 Å². The third kappa shape index (κ3) is 3.71. The number of anilines is 1. The molecule has 0 aliphatic rings. The topological polar surface area (TPSA) is 43.4 Å². The Morgan fingerprint density at radius 1 is 1.14 bits per heavy atom. The minimum Gasteiger partial charge on any atom is -0.493 e. The zero-order chi connectivity index (χ0) is 15.4. The second kappa shape index (κ2) is 6.87. The van der Waals surface area contributed by atoms with E-state index in [4.69, 9.17) is 32.7 Å². The molecule has 0 fully saturated rings. The third-order valence-electron chi connectivity index (χ3n) is 3.00. The molecule has 0 amide bonds. The summed E-state index contributed by atoms with van der Waals surface area (Å²) in [5.41, 5.74) is 2.79. The van der Waals surface area contributed by atoms with Crippen LogP contribution in [0.1, 0.15) is 11.1 Å². The molecule has 4 nitrogen and oxygen atoms in total. The van der Waals surface area contributed by atoms with Crippen molar-refractivity contribution in [1.82, 2.24) is 4.98 Å². The van der Waals surface area contributed by atoms with Crippen LogP contribution in [0.5, 0.6) is 11.5 Å². The van der Waals surface area contributed by atoms with Crippen LogP contribution >= 0.6 is 23.2 Å². The summed E-state index contributed by atoms with van der Waals surface area (Å²) >= 11 is 12.1. The van der Waals surface area contributed by atoms with Crippen molar-refractivity contribution >= 4 is 28.9 Å². The smallest absolute Gasteiger partial charge is 0.179 e. The van der Waals surface area contributed by atoms with Crippen molar-refractivity contribution in [3.8, 4) is 11.5 Å². The summed E-state index contributed by atoms with van der Waals surface area (Å²) in [6, 6.07) is 5.66. The number of pyridine rings is 1. The number of hydrogen-bond acceptors (Lipinski definition) is 4. The van der Waals surface area contributed by atoms with Crippen LogP contribution in [-0.2, 0) is 6.54 Å². The third-order valence-corrected chi connectivity index (χ3v) is 3.68. The molecule has 1 aromatic carbocycles. The molecule has 0 aliphatic carbocycles. The molecule has 0 unspecified atom stereocenters. The number of methoxy groups -OCH3 is 2. The Kier molecular flexibility index (Phi) is 5.15. The zero-order valence-corrected chi connectivity index (χ0v) is 13.5. The molecule has 1 aromatic heterocycles. The number of nitrogens with zero attached hydrogens (tertiary/aromatic N) is 1. The summed E-state index contributed by atoms with van der Waals surface area (Å²) in [5.74, 6) is 1.14. The minimum absolute atomic E-state index is 0.509. The van der Waals surface area contributed by atoms with Crippen molar-refractivity contribution in [2.24, 2.45) is 0 Å². The second-order valence-electron chi connectivity index (χ2n) is 4.50. The molecule has 0 radical (unpaired) electrons. The molecule has 0 aliphatic heterocycles. The number of halogens is 2. The SMILES string of the molecule is COc1cc(CNc2cnc(Cl)c(C)c2)cc(Cl)c1OC. The standard InChI is InChI=1S/C15H16Cl2N2O2/c1-9-4-11(8-19-15(9)17)18-7-10-5-12(16)14(21-3)13(6-10)20-2/h4-6,8,18H,7H2,1-3H3. The Morgan fingerprint density at radius 3 is 2.52 bits per heavy atom. The van der Waals surface area contributed by atoms with Gasteiger partial charge in [0.25, 0.3) is 0 Å². The van der Waals surface area contributed by atoms with Crippen molar-refractivity contribution < 1.29 is 9.47 Å². The fourth-order valence-corrected chi connectivity index (χ4v) is 2.35. The lowest BCUT2D eigenvalue weighted by Crippen LogP contribution is -2.02. The Hall–Kier alpha value is -1.65. The molecule has 0 spiro atoms. The zero-order valence-electron chi connectivity index (χ0n) is 12.0. The van der Waals surface area contributed by atoms with Gasteiger partial charge in [0, 0.05) is 6.54 Å². The van der Waals surface area contributed by atoms with Gasteiger partial charge >= 0.3 is 0 Å². The molecule has 112 valence electrons. The fourth-order valence-electron chi connectivity index (χ4n) is 1.93. The molecule has 6 heteroatoms. The van der Waals surface area contributed by atoms with Crippen LogP contribution in [0, 0.1) is 6.92 Å². The number of hydrogen-bond donors (Lipinski definition) is 1. The van der Waals surface area contributed by atoms with Gasteiger partial charge in [0.05, 0.1) is 31.1 Å². The normalized spacial score (nSPS) is 10.3. The molecule has 0 saturated carbocycles. The molecule has 0 atom stereocenters. The highest BCUT2D eigenvalue weighted by Gasteiger charge is 2.10. The first-order valence-corrected chi connectivity index (χ1v) is 7.07. The van der Waals surface area contributed by atoms with Crippen LogP contribution in [-0.4, -0.2) is 19.2 Å². The van der Waals surface area contributed by atoms with Crippen molar-refractivity contribution in [2.75, 3.05) is 19.5 Å². The number of rotatable bonds is 5. The van der Waals surface area contributed by atoms with E-state index in [0.717, 1.165) is 16.8 Å². The van der Waals surface area contributed by atoms with E-state index in [1.165, 1.54) is 0 Å². The van der Waals surface area contributed by atoms with E-state index in [-0.39, 0.29) is 0 Å². The molecule has 2 aromatic rings. The van der Waals surface area contributed by atoms with Crippen LogP contribution in [0.2, 0.25) is 10.2 Å². The van der Waals surface area contributed by atoms with Crippen LogP contribution in [0.4, 0.5) is 5.69 Å². The van der Waals surface area contributed by atoms with E-state index in [1.54, 1.807) is 20.4 Å². The molecular formula is C15H16Cl2N2O2. The van der Waals surface area contributed by atoms with Crippen molar-refractivity contribution in [3.63, 3.8) is 0 Å². The van der Waals surface area contributed by atoms with E-state index in [9.17, 15) is 0 Å². The highest BCUT2D eigenvalue weighted by Crippen LogP contribution is 2.36. The maximum atomic E-state index is 6.18. The molecule has 1 heterocycles. The lowest BCUT2D eigenvalue weighted by molar-refractivity contribution is 0.355. The predicted octanol–water partition coefficient (Wildman–Crippen LogP) is 4.33. The number of aryl methyl sites for hydroxylation is 1. The van der Waals surface area contributed by atoms with Gasteiger partial charge in [-0.2, -0.15) is 0 Å². The number of ether oxygens (including phenoxy) is 2. The summed E-state index contributed by atoms with van der Waals surface area (Å²) in [4.78, 5) is 4.10. The molecule has 1 N–H and O–H groups in total. The lowest BCUT2D eigenvalue weighted by Gasteiger charge is -2.13. The summed E-state index contributed by atoms with van der Waals surface area (Å²) < 4.78 is 10.5. The summed E-state index contributed by atoms with van der Waals surface area (Å²) in [5, 5.41) is 4.29. The van der Waals surface area contributed by atoms with Gasteiger partial charge in [-0.1, -0.05) is 23.2 Å². The Bertz CT molecular complexity index is 648. The van der Waals surface area contributed by atoms with E-state index in [2.05, 4.69) is 10.3 Å². The van der Waals surface area contributed by atoms with Crippen molar-refractivity contribution in [2.45, 2.75) is 13.5 Å². The maximum absolute atomic E-state index is 6.18. The van der Waals surface area contributed by atoms with Gasteiger partial charge in [0.2, 0.25) is 0 Å². The van der Waals surface area contributed by atoms with Crippen LogP contribution in [0.15, 0.2) is 24.4 Å². The molecule has 0 bridgehead atoms. The molecule has 21 heavy (non-hydrogen) atoms. The van der Waals surface area contributed by atoms with Gasteiger partial charge in [0.15, 0.2) is 11.5 Å². The number of nitrogens with one attached hydrogen (secondary N) is 1.